The van der Waals surface area contributed by atoms with E-state index >= 15 is 9.59 Å². The number of fused-ring (bicyclic) bond motifs is 3. The zero-order chi connectivity index (χ0) is 54.9. The van der Waals surface area contributed by atoms with Crippen molar-refractivity contribution in [2.75, 3.05) is 34.3 Å². The Bertz CT molecular complexity index is 3420. The van der Waals surface area contributed by atoms with Gasteiger partial charge in [-0.3, -0.25) is 24.5 Å². The lowest BCUT2D eigenvalue weighted by Gasteiger charge is -2.45. The second-order valence-electron chi connectivity index (χ2n) is 25.1. The first-order valence-corrected chi connectivity index (χ1v) is 27.7. The molecule has 3 atom stereocenters. The van der Waals surface area contributed by atoms with Gasteiger partial charge in [0.25, 0.3) is 0 Å². The molecule has 6 aromatic carbocycles. The second kappa shape index (κ2) is 21.9. The molecule has 0 saturated heterocycles. The first-order valence-electron chi connectivity index (χ1n) is 27.7. The Morgan fingerprint density at radius 3 is 1.05 bits per heavy atom. The zero-order valence-corrected chi connectivity index (χ0v) is 46.8. The lowest BCUT2D eigenvalue weighted by Crippen LogP contribution is -2.52. The zero-order valence-electron chi connectivity index (χ0n) is 46.8. The summed E-state index contributed by atoms with van der Waals surface area (Å²) >= 11 is 0. The minimum absolute atomic E-state index is 0.0811. The van der Waals surface area contributed by atoms with Gasteiger partial charge in [0.1, 0.15) is 6.23 Å². The number of pyridine rings is 3. The third-order valence-electron chi connectivity index (χ3n) is 15.0. The molecule has 1 aliphatic rings. The van der Waals surface area contributed by atoms with E-state index in [2.05, 4.69) is 140 Å². The minimum atomic E-state index is -1.09. The summed E-state index contributed by atoms with van der Waals surface area (Å²) in [6.45, 7) is 20.8. The van der Waals surface area contributed by atoms with Gasteiger partial charge in [0.05, 0.1) is 52.7 Å². The molecule has 1 aliphatic carbocycles. The summed E-state index contributed by atoms with van der Waals surface area (Å²) in [5.74, 6) is -1.94. The Kier molecular flexibility index (Phi) is 15.1. The summed E-state index contributed by atoms with van der Waals surface area (Å²) in [5.41, 5.74) is 6.92. The fraction of sp³-hybridized carbons (Fsp3) is 0.319. The Labute approximate surface area is 461 Å². The number of amides is 2. The molecule has 0 radical (unpaired) electrons. The second-order valence-corrected chi connectivity index (χ2v) is 25.1. The summed E-state index contributed by atoms with van der Waals surface area (Å²) < 4.78 is 0. The van der Waals surface area contributed by atoms with Gasteiger partial charge in [-0.05, 0) is 35.5 Å². The van der Waals surface area contributed by atoms with Gasteiger partial charge in [0.2, 0.25) is 11.8 Å². The number of hydrogen-bond acceptors (Lipinski definition) is 7. The van der Waals surface area contributed by atoms with Gasteiger partial charge < -0.3 is 19.8 Å². The van der Waals surface area contributed by atoms with E-state index in [0.29, 0.717) is 38.9 Å². The number of carbonyl (C=O) groups is 2. The summed E-state index contributed by atoms with van der Waals surface area (Å²) in [5, 5.41) is 19.2. The van der Waals surface area contributed by atoms with Crippen molar-refractivity contribution in [2.24, 2.45) is 34.0 Å². The van der Waals surface area contributed by atoms with E-state index < -0.39 is 24.0 Å². The van der Waals surface area contributed by atoms with Gasteiger partial charge in [0, 0.05) is 86.4 Å². The monoisotopic (exact) mass is 1030 g/mol. The van der Waals surface area contributed by atoms with E-state index in [9.17, 15) is 5.11 Å². The van der Waals surface area contributed by atoms with Crippen LogP contribution in [0, 0.1) is 34.0 Å². The molecule has 0 aliphatic heterocycles. The number of hydrogen-bond donors (Lipinski definition) is 1. The molecule has 0 bridgehead atoms. The standard InChI is InChI=1S/C69H74N6O3/c1-67(2,3)43-73(58-40-70-61(46-25-13-10-14-26-46)55-34-22-19-31-52(55)58)64(76)49-37-50(65(77)74(44-68(4,5)6)59-41-71-62(47-27-15-11-16-28-47)56-35-23-20-32-53(56)59)39-51(38-49)66(78)75(45-69(7,8)9)60-42-72-63(48-29-17-12-18-30-48)57-36-24-21-33-54(57)60/h10-36,40-42,49-51,64,76H,37-39,43-45H2,1-9H3. The van der Waals surface area contributed by atoms with Crippen molar-refractivity contribution in [2.45, 2.75) is 87.8 Å². The maximum absolute atomic E-state index is 16.2. The highest BCUT2D eigenvalue weighted by molar-refractivity contribution is 6.10. The lowest BCUT2D eigenvalue weighted by molar-refractivity contribution is -0.130. The molecule has 1 saturated carbocycles. The number of aromatic nitrogens is 3. The van der Waals surface area contributed by atoms with Gasteiger partial charge in [-0.2, -0.15) is 0 Å². The quantitative estimate of drug-likeness (QED) is 0.115. The van der Waals surface area contributed by atoms with E-state index in [1.54, 1.807) is 0 Å². The van der Waals surface area contributed by atoms with Crippen LogP contribution in [0.25, 0.3) is 66.1 Å². The van der Waals surface area contributed by atoms with Crippen molar-refractivity contribution in [1.82, 2.24) is 15.0 Å². The lowest BCUT2D eigenvalue weighted by atomic mass is 9.72. The number of rotatable bonds is 13. The molecule has 2 amide bonds. The van der Waals surface area contributed by atoms with Crippen LogP contribution in [0.15, 0.2) is 182 Å². The highest BCUT2D eigenvalue weighted by Gasteiger charge is 2.45. The molecule has 1 fully saturated rings. The van der Waals surface area contributed by atoms with Crippen molar-refractivity contribution in [1.29, 1.82) is 0 Å². The molecular weight excluding hydrogens is 961 g/mol. The summed E-state index contributed by atoms with van der Waals surface area (Å²) in [6, 6.07) is 55.2. The molecule has 9 aromatic rings. The Morgan fingerprint density at radius 2 is 0.718 bits per heavy atom. The average molecular weight is 1040 g/mol. The third-order valence-corrected chi connectivity index (χ3v) is 15.0. The molecule has 1 N–H and O–H groups in total. The fourth-order valence-electron chi connectivity index (χ4n) is 11.7. The highest BCUT2D eigenvalue weighted by atomic mass is 16.3. The number of carbonyl (C=O) groups excluding carboxylic acids is 2. The molecule has 3 heterocycles. The molecule has 10 rings (SSSR count). The molecule has 0 spiro atoms. The Hall–Kier alpha value is -7.75. The number of aliphatic hydroxyl groups is 1. The number of benzene rings is 6. The van der Waals surface area contributed by atoms with Gasteiger partial charge in [0.15, 0.2) is 0 Å². The van der Waals surface area contributed by atoms with Crippen LogP contribution in [0.5, 0.6) is 0 Å². The van der Waals surface area contributed by atoms with Crippen molar-refractivity contribution < 1.29 is 14.7 Å². The average Bonchev–Trinajstić information content (AvgIpc) is 3.59. The molecule has 3 unspecified atom stereocenters. The number of anilines is 3. The first kappa shape index (κ1) is 53.6. The largest absolute Gasteiger partial charge is 0.373 e. The molecule has 78 heavy (non-hydrogen) atoms. The Balaban J connectivity index is 1.11. The number of nitrogens with zero attached hydrogens (tertiary/aromatic N) is 6. The fourth-order valence-corrected chi connectivity index (χ4v) is 11.7. The minimum Gasteiger partial charge on any atom is -0.373 e. The SMILES string of the molecule is CC(C)(C)CN(C(=O)C1CC(C(=O)N(CC(C)(C)C)c2cnc(-c3ccccc3)c3ccccc23)CC(C(O)N(CC(C)(C)C)c2cnc(-c3ccccc3)c3ccccc23)C1)c1cnc(-c2ccccc2)c2ccccc12. The maximum atomic E-state index is 16.2. The molecule has 3 aromatic heterocycles. The van der Waals surface area contributed by atoms with Gasteiger partial charge in [-0.25, -0.2) is 0 Å². The summed E-state index contributed by atoms with van der Waals surface area (Å²) in [7, 11) is 0. The molecule has 398 valence electrons. The van der Waals surface area contributed by atoms with Crippen LogP contribution in [0.2, 0.25) is 0 Å². The number of aliphatic hydroxyl groups excluding tert-OH is 1. The molecule has 9 nitrogen and oxygen atoms in total. The predicted octanol–water partition coefficient (Wildman–Crippen LogP) is 15.7. The smallest absolute Gasteiger partial charge is 0.230 e. The van der Waals surface area contributed by atoms with Crippen molar-refractivity contribution >= 4 is 61.2 Å². The van der Waals surface area contributed by atoms with Crippen molar-refractivity contribution in [3.63, 3.8) is 0 Å². The van der Waals surface area contributed by atoms with Gasteiger partial charge >= 0.3 is 0 Å². The van der Waals surface area contributed by atoms with Gasteiger partial charge in [-0.15, -0.1) is 0 Å². The van der Waals surface area contributed by atoms with E-state index in [1.165, 1.54) is 0 Å². The van der Waals surface area contributed by atoms with E-state index in [-0.39, 0.29) is 28.1 Å². The van der Waals surface area contributed by atoms with E-state index in [4.69, 9.17) is 15.0 Å². The summed E-state index contributed by atoms with van der Waals surface area (Å²) in [6.07, 6.45) is 5.56. The van der Waals surface area contributed by atoms with Crippen LogP contribution in [-0.2, 0) is 9.59 Å². The predicted molar refractivity (Wildman–Crippen MR) is 322 cm³/mol. The Morgan fingerprint density at radius 1 is 0.423 bits per heavy atom. The first-order chi connectivity index (χ1) is 37.3. The van der Waals surface area contributed by atoms with Crippen LogP contribution in [-0.4, -0.2) is 57.7 Å². The molecule has 9 heteroatoms. The van der Waals surface area contributed by atoms with Crippen LogP contribution in [0.3, 0.4) is 0 Å². The summed E-state index contributed by atoms with van der Waals surface area (Å²) in [4.78, 5) is 53.7. The topological polar surface area (TPSA) is 103 Å². The van der Waals surface area contributed by atoms with Gasteiger partial charge in [-0.1, -0.05) is 226 Å². The van der Waals surface area contributed by atoms with E-state index in [0.717, 1.165) is 83.2 Å². The van der Waals surface area contributed by atoms with Crippen LogP contribution in [0.1, 0.15) is 81.6 Å². The molecular formula is C69H74N6O3. The van der Waals surface area contributed by atoms with Crippen molar-refractivity contribution in [3.8, 4) is 33.8 Å². The highest BCUT2D eigenvalue weighted by Crippen LogP contribution is 2.45. The third kappa shape index (κ3) is 11.6. The van der Waals surface area contributed by atoms with Crippen LogP contribution in [0.4, 0.5) is 17.1 Å². The maximum Gasteiger partial charge on any atom is 0.230 e. The van der Waals surface area contributed by atoms with Crippen LogP contribution < -0.4 is 14.7 Å². The van der Waals surface area contributed by atoms with E-state index in [1.807, 2.05) is 119 Å². The van der Waals surface area contributed by atoms with Crippen molar-refractivity contribution in [3.05, 3.63) is 182 Å². The van der Waals surface area contributed by atoms with Crippen LogP contribution >= 0.6 is 0 Å². The normalized spacial score (nSPS) is 16.5.